The maximum atomic E-state index is 11.3. The monoisotopic (exact) mass is 641 g/mol. The molecule has 0 spiro atoms. The predicted octanol–water partition coefficient (Wildman–Crippen LogP) is 5.94. The van der Waals surface area contributed by atoms with E-state index in [4.69, 9.17) is 14.5 Å². The Morgan fingerprint density at radius 2 is 1.68 bits per heavy atom. The third-order valence-electron chi connectivity index (χ3n) is 13.6. The maximum absolute atomic E-state index is 11.3. The van der Waals surface area contributed by atoms with Gasteiger partial charge in [-0.1, -0.05) is 40.5 Å². The van der Waals surface area contributed by atoms with Crippen LogP contribution >= 0.6 is 0 Å². The smallest absolute Gasteiger partial charge is 0.393 e. The van der Waals surface area contributed by atoms with E-state index < -0.39 is 22.6 Å². The van der Waals surface area contributed by atoms with E-state index >= 15 is 0 Å². The summed E-state index contributed by atoms with van der Waals surface area (Å²) in [6.45, 7) is 15.5. The fourth-order valence-corrected chi connectivity index (χ4v) is 11.9. The highest BCUT2D eigenvalue weighted by Gasteiger charge is 2.62. The molecule has 0 aromatic heterocycles. The van der Waals surface area contributed by atoms with E-state index in [0.29, 0.717) is 35.1 Å². The van der Waals surface area contributed by atoms with Crippen molar-refractivity contribution < 1.29 is 22.3 Å². The fourth-order valence-electron chi connectivity index (χ4n) is 11.2. The third-order valence-corrected chi connectivity index (χ3v) is 14.2. The number of unbranched alkanes of at least 4 members (excludes halogenated alkanes) is 1. The average molecular weight is 642 g/mol. The van der Waals surface area contributed by atoms with Gasteiger partial charge in [-0.3, -0.25) is 4.55 Å². The van der Waals surface area contributed by atoms with Crippen LogP contribution in [0.1, 0.15) is 125 Å². The highest BCUT2D eigenvalue weighted by Crippen LogP contribution is 2.69. The minimum Gasteiger partial charge on any atom is -0.393 e. The number of hydrogen-bond acceptors (Lipinski definition) is 7. The normalized spacial score (nSPS) is 39.2. The van der Waals surface area contributed by atoms with Gasteiger partial charge in [-0.25, -0.2) is 4.18 Å². The number of nitrogens with one attached hydrogen (secondary N) is 2. The molecule has 0 bridgehead atoms. The van der Waals surface area contributed by atoms with E-state index in [1.807, 2.05) is 0 Å². The van der Waals surface area contributed by atoms with Gasteiger partial charge in [0.2, 0.25) is 0 Å². The lowest BCUT2D eigenvalue weighted by Crippen LogP contribution is -2.57. The van der Waals surface area contributed by atoms with E-state index in [0.717, 1.165) is 75.0 Å². The Morgan fingerprint density at radius 1 is 0.977 bits per heavy atom. The Hall–Kier alpha value is -0.290. The highest BCUT2D eigenvalue weighted by atomic mass is 32.3. The molecule has 0 heterocycles. The summed E-state index contributed by atoms with van der Waals surface area (Å²) in [6, 6.07) is 0.676. The second-order valence-electron chi connectivity index (χ2n) is 16.4. The molecule has 4 aliphatic rings. The molecule has 0 saturated heterocycles. The summed E-state index contributed by atoms with van der Waals surface area (Å²) in [5, 5.41) is 17.3. The van der Waals surface area contributed by atoms with Gasteiger partial charge >= 0.3 is 10.4 Å². The van der Waals surface area contributed by atoms with Crippen LogP contribution in [0.15, 0.2) is 0 Å². The standard InChI is InChI=1S/C35H67N3O5S/c1-25(10-8-15-33(3,24-39)43-44(40,41)42)29-11-12-30-32-26(2)22-27-23-28(38-21-9-20-37-19-7-6-18-36)13-16-34(27,4)31(32)14-17-35(29,30)5/h25-32,37-39H,6-24,36H2,1-5H3,(H,40,41,42). The summed E-state index contributed by atoms with van der Waals surface area (Å²) >= 11 is 0. The number of nitrogens with two attached hydrogens (primary N) is 1. The number of fused-ring (bicyclic) bond motifs is 5. The first-order chi connectivity index (χ1) is 20.8. The first kappa shape index (κ1) is 36.5. The minimum atomic E-state index is -4.60. The summed E-state index contributed by atoms with van der Waals surface area (Å²) in [7, 11) is -4.60. The van der Waals surface area contributed by atoms with Crippen LogP contribution < -0.4 is 16.4 Å². The van der Waals surface area contributed by atoms with E-state index in [9.17, 15) is 13.5 Å². The van der Waals surface area contributed by atoms with Gasteiger partial charge < -0.3 is 21.5 Å². The van der Waals surface area contributed by atoms with Gasteiger partial charge in [0.05, 0.1) is 6.61 Å². The van der Waals surface area contributed by atoms with Crippen molar-refractivity contribution in [1.82, 2.24) is 10.6 Å². The fraction of sp³-hybridized carbons (Fsp3) is 1.00. The van der Waals surface area contributed by atoms with Gasteiger partial charge in [-0.2, -0.15) is 8.42 Å². The van der Waals surface area contributed by atoms with E-state index in [2.05, 4.69) is 38.3 Å². The van der Waals surface area contributed by atoms with Gasteiger partial charge in [0.1, 0.15) is 5.60 Å². The lowest BCUT2D eigenvalue weighted by molar-refractivity contribution is -0.140. The lowest BCUT2D eigenvalue weighted by Gasteiger charge is -2.63. The molecule has 0 radical (unpaired) electrons. The molecule has 0 amide bonds. The van der Waals surface area contributed by atoms with Crippen molar-refractivity contribution in [2.45, 2.75) is 136 Å². The summed E-state index contributed by atoms with van der Waals surface area (Å²) in [5.74, 6) is 5.35. The zero-order valence-electron chi connectivity index (χ0n) is 28.7. The molecular formula is C35H67N3O5S. The van der Waals surface area contributed by atoms with Crippen molar-refractivity contribution in [3.8, 4) is 0 Å². The van der Waals surface area contributed by atoms with Crippen LogP contribution in [-0.2, 0) is 14.6 Å². The lowest BCUT2D eigenvalue weighted by atomic mass is 9.42. The number of hydrogen-bond donors (Lipinski definition) is 5. The molecule has 4 aliphatic carbocycles. The molecule has 0 aliphatic heterocycles. The first-order valence-corrected chi connectivity index (χ1v) is 19.6. The molecular weight excluding hydrogens is 574 g/mol. The Balaban J connectivity index is 1.30. The number of aliphatic hydroxyl groups excluding tert-OH is 1. The summed E-state index contributed by atoms with van der Waals surface area (Å²) < 4.78 is 36.6. The molecule has 9 heteroatoms. The molecule has 4 saturated carbocycles. The maximum Gasteiger partial charge on any atom is 0.397 e. The molecule has 11 atom stereocenters. The quantitative estimate of drug-likeness (QED) is 0.0973. The van der Waals surface area contributed by atoms with Crippen LogP contribution in [0.25, 0.3) is 0 Å². The topological polar surface area (TPSA) is 134 Å². The average Bonchev–Trinajstić information content (AvgIpc) is 3.31. The van der Waals surface area contributed by atoms with Crippen LogP contribution in [0, 0.1) is 52.3 Å². The van der Waals surface area contributed by atoms with Gasteiger partial charge in [0.25, 0.3) is 0 Å². The second kappa shape index (κ2) is 15.3. The van der Waals surface area contributed by atoms with Crippen LogP contribution in [0.4, 0.5) is 0 Å². The molecule has 0 aromatic carbocycles. The van der Waals surface area contributed by atoms with Crippen LogP contribution in [0.2, 0.25) is 0 Å². The largest absolute Gasteiger partial charge is 0.397 e. The van der Waals surface area contributed by atoms with E-state index in [-0.39, 0.29) is 0 Å². The van der Waals surface area contributed by atoms with E-state index in [1.54, 1.807) is 6.92 Å². The van der Waals surface area contributed by atoms with E-state index in [1.165, 1.54) is 64.2 Å². The molecule has 258 valence electrons. The molecule has 8 nitrogen and oxygen atoms in total. The number of aliphatic hydroxyl groups is 1. The van der Waals surface area contributed by atoms with Crippen molar-refractivity contribution >= 4 is 10.4 Å². The SMILES string of the molecule is CC1CC2CC(NCCCNCCCCN)CCC2(C)C2CCC3(C)C(C(C)CCCC(C)(CO)OS(=O)(=O)O)CCC3C12. The highest BCUT2D eigenvalue weighted by molar-refractivity contribution is 7.80. The van der Waals surface area contributed by atoms with Crippen molar-refractivity contribution in [3.05, 3.63) is 0 Å². The van der Waals surface area contributed by atoms with Crippen molar-refractivity contribution in [2.75, 3.05) is 32.8 Å². The Bertz CT molecular complexity index is 1010. The summed E-state index contributed by atoms with van der Waals surface area (Å²) in [6.07, 6.45) is 16.4. The van der Waals surface area contributed by atoms with Crippen LogP contribution in [0.3, 0.4) is 0 Å². The zero-order valence-corrected chi connectivity index (χ0v) is 29.5. The van der Waals surface area contributed by atoms with Gasteiger partial charge in [-0.05, 0) is 162 Å². The summed E-state index contributed by atoms with van der Waals surface area (Å²) in [5.41, 5.74) is 5.18. The Morgan fingerprint density at radius 3 is 2.39 bits per heavy atom. The Labute approximate surface area is 269 Å². The molecule has 4 rings (SSSR count). The molecule has 44 heavy (non-hydrogen) atoms. The molecule has 11 unspecified atom stereocenters. The zero-order chi connectivity index (χ0) is 32.2. The first-order valence-electron chi connectivity index (χ1n) is 18.2. The van der Waals surface area contributed by atoms with Gasteiger partial charge in [0.15, 0.2) is 0 Å². The second-order valence-corrected chi connectivity index (χ2v) is 17.5. The third kappa shape index (κ3) is 8.40. The predicted molar refractivity (Wildman–Crippen MR) is 178 cm³/mol. The molecule has 4 fully saturated rings. The van der Waals surface area contributed by atoms with Crippen molar-refractivity contribution in [3.63, 3.8) is 0 Å². The summed E-state index contributed by atoms with van der Waals surface area (Å²) in [4.78, 5) is 0. The molecule has 6 N–H and O–H groups in total. The van der Waals surface area contributed by atoms with Gasteiger partial charge in [0, 0.05) is 6.04 Å². The van der Waals surface area contributed by atoms with Crippen LogP contribution in [-0.4, -0.2) is 62.5 Å². The van der Waals surface area contributed by atoms with Crippen LogP contribution in [0.5, 0.6) is 0 Å². The minimum absolute atomic E-state index is 0.375. The van der Waals surface area contributed by atoms with Gasteiger partial charge in [-0.15, -0.1) is 0 Å². The number of rotatable bonds is 17. The van der Waals surface area contributed by atoms with Crippen molar-refractivity contribution in [2.24, 2.45) is 58.0 Å². The molecule has 0 aromatic rings. The Kier molecular flexibility index (Phi) is 12.7. The van der Waals surface area contributed by atoms with Crippen molar-refractivity contribution in [1.29, 1.82) is 0 Å².